The number of nitrogens with one attached hydrogen (secondary N) is 1. The van der Waals surface area contributed by atoms with E-state index in [4.69, 9.17) is 0 Å². The van der Waals surface area contributed by atoms with Gasteiger partial charge in [0.1, 0.15) is 0 Å². The fourth-order valence-electron chi connectivity index (χ4n) is 1.50. The van der Waals surface area contributed by atoms with Crippen molar-refractivity contribution in [3.63, 3.8) is 0 Å². The first-order valence-electron chi connectivity index (χ1n) is 5.03. The molecule has 7 heteroatoms. The summed E-state index contributed by atoms with van der Waals surface area (Å²) in [5.74, 6) is 0. The lowest BCUT2D eigenvalue weighted by Crippen LogP contribution is -2.30. The van der Waals surface area contributed by atoms with E-state index in [1.165, 1.54) is 10.8 Å². The lowest BCUT2D eigenvalue weighted by molar-refractivity contribution is 0.641. The zero-order valence-corrected chi connectivity index (χ0v) is 10.8. The standard InChI is InChI=1S/C10H11BrN4O2/c1-14-5-7(4-12-14)2-3-15-6-8(11)9(16)13-10(15)17/h4-6H,2-3H2,1H3,(H,13,16,17). The zero-order valence-electron chi connectivity index (χ0n) is 9.18. The summed E-state index contributed by atoms with van der Waals surface area (Å²) in [7, 11) is 1.84. The van der Waals surface area contributed by atoms with Gasteiger partial charge in [-0.3, -0.25) is 19.0 Å². The summed E-state index contributed by atoms with van der Waals surface area (Å²) < 4.78 is 3.52. The van der Waals surface area contributed by atoms with Crippen LogP contribution in [0.3, 0.4) is 0 Å². The van der Waals surface area contributed by atoms with E-state index in [0.29, 0.717) is 17.4 Å². The first-order valence-corrected chi connectivity index (χ1v) is 5.82. The number of H-pyrrole nitrogens is 1. The minimum Gasteiger partial charge on any atom is -0.299 e. The number of nitrogens with zero attached hydrogens (tertiary/aromatic N) is 3. The lowest BCUT2D eigenvalue weighted by Gasteiger charge is -2.03. The van der Waals surface area contributed by atoms with E-state index in [1.54, 1.807) is 10.9 Å². The molecule has 1 N–H and O–H groups in total. The molecule has 0 atom stereocenters. The molecule has 0 aliphatic carbocycles. The van der Waals surface area contributed by atoms with Crippen LogP contribution in [0.5, 0.6) is 0 Å². The predicted octanol–water partition coefficient (Wildman–Crippen LogP) is 0.275. The zero-order chi connectivity index (χ0) is 12.4. The van der Waals surface area contributed by atoms with Gasteiger partial charge in [0.15, 0.2) is 0 Å². The average molecular weight is 299 g/mol. The van der Waals surface area contributed by atoms with Gasteiger partial charge in [-0.1, -0.05) is 0 Å². The SMILES string of the molecule is Cn1cc(CCn2cc(Br)c(=O)[nH]c2=O)cn1. The van der Waals surface area contributed by atoms with Crippen LogP contribution in [0, 0.1) is 0 Å². The van der Waals surface area contributed by atoms with Crippen LogP contribution in [0.15, 0.2) is 32.7 Å². The van der Waals surface area contributed by atoms with Crippen LogP contribution in [0.25, 0.3) is 0 Å². The Balaban J connectivity index is 2.17. The highest BCUT2D eigenvalue weighted by Crippen LogP contribution is 2.01. The molecule has 0 fully saturated rings. The van der Waals surface area contributed by atoms with E-state index in [1.807, 2.05) is 13.2 Å². The van der Waals surface area contributed by atoms with Crippen molar-refractivity contribution in [2.24, 2.45) is 7.05 Å². The number of halogens is 1. The van der Waals surface area contributed by atoms with Crippen molar-refractivity contribution in [2.75, 3.05) is 0 Å². The molecule has 2 heterocycles. The topological polar surface area (TPSA) is 72.7 Å². The Bertz CT molecular complexity index is 640. The molecule has 0 bridgehead atoms. The van der Waals surface area contributed by atoms with Crippen molar-refractivity contribution in [3.8, 4) is 0 Å². The fraction of sp³-hybridized carbons (Fsp3) is 0.300. The summed E-state index contributed by atoms with van der Waals surface area (Å²) in [5, 5.41) is 4.05. The van der Waals surface area contributed by atoms with E-state index in [0.717, 1.165) is 5.56 Å². The van der Waals surface area contributed by atoms with Gasteiger partial charge in [0, 0.05) is 26.0 Å². The van der Waals surface area contributed by atoms with Gasteiger partial charge in [-0.25, -0.2) is 4.79 Å². The second-order valence-electron chi connectivity index (χ2n) is 3.70. The van der Waals surface area contributed by atoms with Gasteiger partial charge in [-0.05, 0) is 27.9 Å². The predicted molar refractivity (Wildman–Crippen MR) is 65.9 cm³/mol. The quantitative estimate of drug-likeness (QED) is 0.884. The Morgan fingerprint density at radius 2 is 2.18 bits per heavy atom. The molecule has 0 aromatic carbocycles. The van der Waals surface area contributed by atoms with Crippen LogP contribution in [-0.4, -0.2) is 19.3 Å². The van der Waals surface area contributed by atoms with Crippen molar-refractivity contribution in [1.29, 1.82) is 0 Å². The second-order valence-corrected chi connectivity index (χ2v) is 4.56. The molecule has 2 aromatic heterocycles. The van der Waals surface area contributed by atoms with E-state index < -0.39 is 11.2 Å². The fourth-order valence-corrected chi connectivity index (χ4v) is 1.85. The summed E-state index contributed by atoms with van der Waals surface area (Å²) >= 11 is 3.09. The molecule has 6 nitrogen and oxygen atoms in total. The van der Waals surface area contributed by atoms with Crippen LogP contribution in [-0.2, 0) is 20.0 Å². The Kier molecular flexibility index (Phi) is 3.28. The number of aromatic nitrogens is 4. The van der Waals surface area contributed by atoms with Crippen molar-refractivity contribution in [3.05, 3.63) is 49.5 Å². The van der Waals surface area contributed by atoms with Crippen molar-refractivity contribution >= 4 is 15.9 Å². The van der Waals surface area contributed by atoms with Crippen molar-refractivity contribution in [2.45, 2.75) is 13.0 Å². The van der Waals surface area contributed by atoms with Crippen molar-refractivity contribution in [1.82, 2.24) is 19.3 Å². The molecule has 0 saturated carbocycles. The van der Waals surface area contributed by atoms with E-state index >= 15 is 0 Å². The number of rotatable bonds is 3. The third-order valence-electron chi connectivity index (χ3n) is 2.37. The van der Waals surface area contributed by atoms with E-state index in [-0.39, 0.29) is 0 Å². The van der Waals surface area contributed by atoms with Gasteiger partial charge >= 0.3 is 5.69 Å². The monoisotopic (exact) mass is 298 g/mol. The molecule has 0 aliphatic heterocycles. The molecular formula is C10H11BrN4O2. The number of aryl methyl sites for hydroxylation is 3. The molecule has 0 amide bonds. The molecule has 0 radical (unpaired) electrons. The second kappa shape index (κ2) is 4.70. The summed E-state index contributed by atoms with van der Waals surface area (Å²) in [5.41, 5.74) is 0.233. The Hall–Kier alpha value is -1.63. The van der Waals surface area contributed by atoms with Crippen LogP contribution < -0.4 is 11.2 Å². The maximum absolute atomic E-state index is 11.5. The summed E-state index contributed by atoms with van der Waals surface area (Å²) in [4.78, 5) is 24.9. The molecule has 0 saturated heterocycles. The lowest BCUT2D eigenvalue weighted by atomic mass is 10.2. The molecular weight excluding hydrogens is 288 g/mol. The Labute approximate surface area is 105 Å². The number of hydrogen-bond donors (Lipinski definition) is 1. The first kappa shape index (κ1) is 11.8. The maximum Gasteiger partial charge on any atom is 0.328 e. The maximum atomic E-state index is 11.5. The Morgan fingerprint density at radius 1 is 1.41 bits per heavy atom. The summed E-state index contributed by atoms with van der Waals surface area (Å²) in [6.45, 7) is 0.500. The molecule has 17 heavy (non-hydrogen) atoms. The van der Waals surface area contributed by atoms with Crippen molar-refractivity contribution < 1.29 is 0 Å². The van der Waals surface area contributed by atoms with E-state index in [2.05, 4.69) is 26.0 Å². The van der Waals surface area contributed by atoms with Gasteiger partial charge < -0.3 is 0 Å². The molecule has 2 rings (SSSR count). The molecule has 0 unspecified atom stereocenters. The average Bonchev–Trinajstić information content (AvgIpc) is 2.68. The van der Waals surface area contributed by atoms with Crippen LogP contribution in [0.4, 0.5) is 0 Å². The van der Waals surface area contributed by atoms with Crippen LogP contribution in [0.2, 0.25) is 0 Å². The van der Waals surface area contributed by atoms with Gasteiger partial charge in [0.25, 0.3) is 5.56 Å². The number of aromatic amines is 1. The van der Waals surface area contributed by atoms with Gasteiger partial charge in [0.05, 0.1) is 10.7 Å². The Morgan fingerprint density at radius 3 is 2.82 bits per heavy atom. The number of hydrogen-bond acceptors (Lipinski definition) is 3. The smallest absolute Gasteiger partial charge is 0.299 e. The molecule has 2 aromatic rings. The molecule has 90 valence electrons. The van der Waals surface area contributed by atoms with Crippen LogP contribution >= 0.6 is 15.9 Å². The minimum absolute atomic E-state index is 0.350. The summed E-state index contributed by atoms with van der Waals surface area (Å²) in [6, 6.07) is 0. The van der Waals surface area contributed by atoms with Crippen LogP contribution in [0.1, 0.15) is 5.56 Å². The minimum atomic E-state index is -0.410. The van der Waals surface area contributed by atoms with Gasteiger partial charge in [0.2, 0.25) is 0 Å². The van der Waals surface area contributed by atoms with E-state index in [9.17, 15) is 9.59 Å². The highest BCUT2D eigenvalue weighted by molar-refractivity contribution is 9.10. The first-order chi connectivity index (χ1) is 8.06. The third-order valence-corrected chi connectivity index (χ3v) is 2.93. The normalized spacial score (nSPS) is 10.7. The molecule has 0 spiro atoms. The third kappa shape index (κ3) is 2.73. The summed E-state index contributed by atoms with van der Waals surface area (Å²) in [6.07, 6.45) is 5.83. The largest absolute Gasteiger partial charge is 0.328 e. The highest BCUT2D eigenvalue weighted by Gasteiger charge is 2.03. The molecule has 0 aliphatic rings. The van der Waals surface area contributed by atoms with Gasteiger partial charge in [-0.15, -0.1) is 0 Å². The highest BCUT2D eigenvalue weighted by atomic mass is 79.9. The van der Waals surface area contributed by atoms with Gasteiger partial charge in [-0.2, -0.15) is 5.10 Å².